The van der Waals surface area contributed by atoms with Crippen LogP contribution >= 0.6 is 0 Å². The van der Waals surface area contributed by atoms with Gasteiger partial charge in [-0.3, -0.25) is 0 Å². The fourth-order valence-corrected chi connectivity index (χ4v) is 0.683. The molecule has 0 radical (unpaired) electrons. The first-order valence-corrected chi connectivity index (χ1v) is 4.30. The Balaban J connectivity index is 3.21. The Labute approximate surface area is 73.7 Å². The number of oxime groups is 1. The van der Waals surface area contributed by atoms with Crippen molar-refractivity contribution in [1.82, 2.24) is 0 Å². The summed E-state index contributed by atoms with van der Waals surface area (Å²) in [5.74, 6) is 0.574. The van der Waals surface area contributed by atoms with Crippen molar-refractivity contribution in [3.8, 4) is 0 Å². The fourth-order valence-electron chi connectivity index (χ4n) is 0.683. The van der Waals surface area contributed by atoms with Crippen molar-refractivity contribution in [3.05, 3.63) is 0 Å². The summed E-state index contributed by atoms with van der Waals surface area (Å²) in [6.07, 6.45) is 1.92. The average Bonchev–Trinajstić information content (AvgIpc) is 2.05. The van der Waals surface area contributed by atoms with Crippen LogP contribution in [-0.4, -0.2) is 25.7 Å². The van der Waals surface area contributed by atoms with E-state index in [1.807, 2.05) is 6.92 Å². The highest BCUT2D eigenvalue weighted by molar-refractivity contribution is 5.72. The molecule has 0 heterocycles. The van der Waals surface area contributed by atoms with Crippen LogP contribution in [0.3, 0.4) is 0 Å². The first kappa shape index (κ1) is 11.2. The van der Waals surface area contributed by atoms with Gasteiger partial charge in [0.25, 0.3) is 0 Å². The molecule has 0 spiro atoms. The van der Waals surface area contributed by atoms with Crippen LogP contribution in [-0.2, 0) is 9.57 Å². The number of hydrogen-bond acceptors (Lipinski definition) is 4. The molecule has 0 rings (SSSR count). The summed E-state index contributed by atoms with van der Waals surface area (Å²) in [5, 5.41) is 3.74. The van der Waals surface area contributed by atoms with E-state index in [0.717, 1.165) is 12.8 Å². The smallest absolute Gasteiger partial charge is 0.222 e. The summed E-state index contributed by atoms with van der Waals surface area (Å²) in [6, 6.07) is 0. The number of nitrogens with two attached hydrogens (primary N) is 1. The van der Waals surface area contributed by atoms with Gasteiger partial charge in [0.05, 0.1) is 6.61 Å². The van der Waals surface area contributed by atoms with E-state index in [0.29, 0.717) is 25.7 Å². The van der Waals surface area contributed by atoms with E-state index in [-0.39, 0.29) is 0 Å². The van der Waals surface area contributed by atoms with Crippen molar-refractivity contribution < 1.29 is 9.57 Å². The van der Waals surface area contributed by atoms with Crippen LogP contribution in [0.2, 0.25) is 0 Å². The lowest BCUT2D eigenvalue weighted by Gasteiger charge is -2.01. The van der Waals surface area contributed by atoms with Crippen LogP contribution < -0.4 is 5.73 Å². The second-order valence-corrected chi connectivity index (χ2v) is 2.37. The molecular formula is C8H18N2O2. The number of rotatable bonds is 6. The van der Waals surface area contributed by atoms with Gasteiger partial charge < -0.3 is 15.3 Å². The Bertz CT molecular complexity index is 126. The van der Waals surface area contributed by atoms with E-state index in [2.05, 4.69) is 5.16 Å². The van der Waals surface area contributed by atoms with Gasteiger partial charge in [-0.25, -0.2) is 0 Å². The first-order valence-electron chi connectivity index (χ1n) is 4.30. The maximum absolute atomic E-state index is 5.30. The highest BCUT2D eigenvalue weighted by Crippen LogP contribution is 1.89. The Morgan fingerprint density at radius 3 is 2.75 bits per heavy atom. The maximum Gasteiger partial charge on any atom is 0.222 e. The Morgan fingerprint density at radius 2 is 2.17 bits per heavy atom. The van der Waals surface area contributed by atoms with Crippen molar-refractivity contribution in [3.63, 3.8) is 0 Å². The zero-order valence-corrected chi connectivity index (χ0v) is 7.88. The molecule has 2 N–H and O–H groups in total. The zero-order chi connectivity index (χ0) is 9.23. The molecule has 0 aliphatic rings. The molecule has 0 aliphatic heterocycles. The normalized spacial score (nSPS) is 11.4. The Kier molecular flexibility index (Phi) is 7.79. The van der Waals surface area contributed by atoms with Crippen molar-refractivity contribution in [1.29, 1.82) is 0 Å². The van der Waals surface area contributed by atoms with Crippen LogP contribution in [0.5, 0.6) is 0 Å². The minimum atomic E-state index is 0.574. The molecule has 4 heteroatoms. The SMILES string of the molecule is CCO/C(C)=N\OCCCCN. The van der Waals surface area contributed by atoms with Gasteiger partial charge in [-0.2, -0.15) is 0 Å². The van der Waals surface area contributed by atoms with Gasteiger partial charge in [-0.05, 0) is 26.3 Å². The Hall–Kier alpha value is -0.770. The molecule has 0 saturated heterocycles. The lowest BCUT2D eigenvalue weighted by molar-refractivity contribution is 0.129. The largest absolute Gasteiger partial charge is 0.479 e. The van der Waals surface area contributed by atoms with Crippen LogP contribution in [0.15, 0.2) is 5.16 Å². The van der Waals surface area contributed by atoms with Crippen LogP contribution in [0.4, 0.5) is 0 Å². The lowest BCUT2D eigenvalue weighted by Crippen LogP contribution is -2.02. The molecule has 0 aromatic carbocycles. The highest BCUT2D eigenvalue weighted by Gasteiger charge is 1.89. The van der Waals surface area contributed by atoms with E-state index in [1.54, 1.807) is 6.92 Å². The molecule has 72 valence electrons. The zero-order valence-electron chi connectivity index (χ0n) is 7.88. The lowest BCUT2D eigenvalue weighted by atomic mass is 10.3. The predicted molar refractivity (Wildman–Crippen MR) is 49.0 cm³/mol. The minimum absolute atomic E-state index is 0.574. The molecule has 0 fully saturated rings. The van der Waals surface area contributed by atoms with Crippen LogP contribution in [0, 0.1) is 0 Å². The number of nitrogens with zero attached hydrogens (tertiary/aromatic N) is 1. The molecule has 0 aliphatic carbocycles. The third-order valence-electron chi connectivity index (χ3n) is 1.24. The van der Waals surface area contributed by atoms with Gasteiger partial charge in [0.15, 0.2) is 0 Å². The van der Waals surface area contributed by atoms with Gasteiger partial charge in [-0.15, -0.1) is 0 Å². The van der Waals surface area contributed by atoms with Gasteiger partial charge in [0.2, 0.25) is 5.90 Å². The molecule has 12 heavy (non-hydrogen) atoms. The summed E-state index contributed by atoms with van der Waals surface area (Å²) in [6.45, 7) is 5.63. The summed E-state index contributed by atoms with van der Waals surface area (Å²) in [4.78, 5) is 4.96. The monoisotopic (exact) mass is 174 g/mol. The molecular weight excluding hydrogens is 156 g/mol. The Morgan fingerprint density at radius 1 is 1.42 bits per heavy atom. The molecule has 0 bridgehead atoms. The maximum atomic E-state index is 5.30. The highest BCUT2D eigenvalue weighted by atomic mass is 16.6. The third kappa shape index (κ3) is 7.34. The van der Waals surface area contributed by atoms with E-state index in [1.165, 1.54) is 0 Å². The van der Waals surface area contributed by atoms with Gasteiger partial charge in [0.1, 0.15) is 6.61 Å². The van der Waals surface area contributed by atoms with Crippen molar-refractivity contribution in [2.45, 2.75) is 26.7 Å². The van der Waals surface area contributed by atoms with E-state index >= 15 is 0 Å². The van der Waals surface area contributed by atoms with E-state index in [9.17, 15) is 0 Å². The third-order valence-corrected chi connectivity index (χ3v) is 1.24. The van der Waals surface area contributed by atoms with Crippen molar-refractivity contribution >= 4 is 5.90 Å². The molecule has 0 aromatic heterocycles. The van der Waals surface area contributed by atoms with Crippen LogP contribution in [0.25, 0.3) is 0 Å². The quantitative estimate of drug-likeness (QED) is 0.284. The van der Waals surface area contributed by atoms with E-state index in [4.69, 9.17) is 15.3 Å². The topological polar surface area (TPSA) is 56.8 Å². The van der Waals surface area contributed by atoms with Gasteiger partial charge >= 0.3 is 0 Å². The fraction of sp³-hybridized carbons (Fsp3) is 0.875. The van der Waals surface area contributed by atoms with Gasteiger partial charge in [-0.1, -0.05) is 5.16 Å². The molecule has 0 saturated carbocycles. The summed E-state index contributed by atoms with van der Waals surface area (Å²) in [5.41, 5.74) is 5.30. The first-order chi connectivity index (χ1) is 5.81. The number of hydrogen-bond donors (Lipinski definition) is 1. The summed E-state index contributed by atoms with van der Waals surface area (Å²) in [7, 11) is 0. The standard InChI is InChI=1S/C8H18N2O2/c1-3-11-8(2)10-12-7-5-4-6-9/h3-7,9H2,1-2H3/b10-8-. The van der Waals surface area contributed by atoms with Crippen molar-refractivity contribution in [2.24, 2.45) is 10.9 Å². The molecule has 4 nitrogen and oxygen atoms in total. The number of unbranched alkanes of at least 4 members (excludes halogenated alkanes) is 1. The average molecular weight is 174 g/mol. The molecule has 0 atom stereocenters. The predicted octanol–water partition coefficient (Wildman–Crippen LogP) is 1.11. The second-order valence-electron chi connectivity index (χ2n) is 2.37. The second kappa shape index (κ2) is 8.33. The van der Waals surface area contributed by atoms with Gasteiger partial charge in [0, 0.05) is 6.92 Å². The molecule has 0 amide bonds. The summed E-state index contributed by atoms with van der Waals surface area (Å²) >= 11 is 0. The minimum Gasteiger partial charge on any atom is -0.479 e. The molecule has 0 unspecified atom stereocenters. The molecule has 0 aromatic rings. The van der Waals surface area contributed by atoms with Crippen molar-refractivity contribution in [2.75, 3.05) is 19.8 Å². The van der Waals surface area contributed by atoms with Crippen LogP contribution in [0.1, 0.15) is 26.7 Å². The number of ether oxygens (including phenoxy) is 1. The van der Waals surface area contributed by atoms with E-state index < -0.39 is 0 Å². The summed E-state index contributed by atoms with van der Waals surface area (Å²) < 4.78 is 5.05.